The van der Waals surface area contributed by atoms with Crippen molar-refractivity contribution in [3.05, 3.63) is 47.7 Å². The normalized spacial score (nSPS) is 15.3. The lowest BCUT2D eigenvalue weighted by Crippen LogP contribution is -2.04. The van der Waals surface area contributed by atoms with Crippen LogP contribution in [0, 0.1) is 0 Å². The van der Waals surface area contributed by atoms with Gasteiger partial charge in [0.25, 0.3) is 0 Å². The highest BCUT2D eigenvalue weighted by Gasteiger charge is 2.12. The molecular formula is C15H14N2. The van der Waals surface area contributed by atoms with Crippen LogP contribution in [-0.4, -0.2) is 9.38 Å². The van der Waals surface area contributed by atoms with Gasteiger partial charge in [0.05, 0.1) is 11.0 Å². The average Bonchev–Trinajstić information content (AvgIpc) is 2.73. The molecule has 1 aromatic carbocycles. The lowest BCUT2D eigenvalue weighted by atomic mass is 9.93. The molecule has 2 heteroatoms. The van der Waals surface area contributed by atoms with Gasteiger partial charge in [0.2, 0.25) is 0 Å². The van der Waals surface area contributed by atoms with E-state index in [9.17, 15) is 0 Å². The summed E-state index contributed by atoms with van der Waals surface area (Å²) in [4.78, 5) is 4.69. The van der Waals surface area contributed by atoms with Crippen LogP contribution in [-0.2, 0) is 12.8 Å². The molecule has 0 bridgehead atoms. The summed E-state index contributed by atoms with van der Waals surface area (Å²) in [6.45, 7) is 0. The van der Waals surface area contributed by atoms with Gasteiger partial charge in [-0.3, -0.25) is 4.40 Å². The number of hydrogen-bond donors (Lipinski definition) is 0. The lowest BCUT2D eigenvalue weighted by Gasteiger charge is -2.15. The third-order valence-electron chi connectivity index (χ3n) is 3.77. The van der Waals surface area contributed by atoms with Crippen molar-refractivity contribution in [2.24, 2.45) is 0 Å². The third kappa shape index (κ3) is 1.30. The van der Waals surface area contributed by atoms with Crippen molar-refractivity contribution in [3.63, 3.8) is 0 Å². The van der Waals surface area contributed by atoms with Crippen molar-refractivity contribution in [2.75, 3.05) is 0 Å². The molecule has 2 nitrogen and oxygen atoms in total. The molecule has 0 fully saturated rings. The number of pyridine rings is 1. The molecule has 0 saturated carbocycles. The van der Waals surface area contributed by atoms with Gasteiger partial charge >= 0.3 is 0 Å². The molecule has 17 heavy (non-hydrogen) atoms. The summed E-state index contributed by atoms with van der Waals surface area (Å²) in [5, 5.41) is 0. The van der Waals surface area contributed by atoms with E-state index >= 15 is 0 Å². The van der Waals surface area contributed by atoms with Crippen LogP contribution in [0.5, 0.6) is 0 Å². The summed E-state index contributed by atoms with van der Waals surface area (Å²) < 4.78 is 2.24. The van der Waals surface area contributed by atoms with Gasteiger partial charge in [0.1, 0.15) is 5.65 Å². The molecule has 2 heterocycles. The van der Waals surface area contributed by atoms with E-state index in [1.54, 1.807) is 0 Å². The van der Waals surface area contributed by atoms with E-state index in [2.05, 4.69) is 45.9 Å². The number of rotatable bonds is 0. The predicted octanol–water partition coefficient (Wildman–Crippen LogP) is 3.37. The Bertz CT molecular complexity index is 709. The van der Waals surface area contributed by atoms with Gasteiger partial charge in [-0.05, 0) is 55.0 Å². The van der Waals surface area contributed by atoms with Gasteiger partial charge in [0.15, 0.2) is 0 Å². The smallest absolute Gasteiger partial charge is 0.138 e. The molecule has 2 aromatic heterocycles. The topological polar surface area (TPSA) is 17.3 Å². The van der Waals surface area contributed by atoms with Gasteiger partial charge in [-0.1, -0.05) is 12.1 Å². The maximum absolute atomic E-state index is 4.69. The molecule has 0 N–H and O–H groups in total. The molecule has 4 rings (SSSR count). The summed E-state index contributed by atoms with van der Waals surface area (Å²) in [7, 11) is 0. The first-order valence-corrected chi connectivity index (χ1v) is 6.30. The van der Waals surface area contributed by atoms with Gasteiger partial charge < -0.3 is 0 Å². The van der Waals surface area contributed by atoms with Crippen LogP contribution in [0.15, 0.2) is 36.5 Å². The molecule has 0 atom stereocenters. The number of fused-ring (bicyclic) bond motifs is 4. The maximum Gasteiger partial charge on any atom is 0.138 e. The molecule has 0 amide bonds. The van der Waals surface area contributed by atoms with Gasteiger partial charge in [-0.25, -0.2) is 4.98 Å². The first-order valence-electron chi connectivity index (χ1n) is 6.30. The average molecular weight is 222 g/mol. The Morgan fingerprint density at radius 2 is 1.82 bits per heavy atom. The fourth-order valence-corrected chi connectivity index (χ4v) is 2.88. The van der Waals surface area contributed by atoms with Gasteiger partial charge in [0, 0.05) is 6.20 Å². The standard InChI is InChI=1S/C15H14N2/c1-2-6-12-10-17-14-8-4-3-7-13(14)16-15(17)9-11(12)5-1/h3-4,7-10H,1-2,5-6H2. The van der Waals surface area contributed by atoms with E-state index in [1.165, 1.54) is 42.3 Å². The number of aromatic nitrogens is 2. The van der Waals surface area contributed by atoms with E-state index in [-0.39, 0.29) is 0 Å². The van der Waals surface area contributed by atoms with E-state index in [1.807, 2.05) is 0 Å². The van der Waals surface area contributed by atoms with E-state index in [0.717, 1.165) is 11.2 Å². The second-order valence-electron chi connectivity index (χ2n) is 4.86. The Kier molecular flexibility index (Phi) is 1.81. The fourth-order valence-electron chi connectivity index (χ4n) is 2.88. The van der Waals surface area contributed by atoms with Crippen molar-refractivity contribution in [1.29, 1.82) is 0 Å². The minimum atomic E-state index is 1.09. The van der Waals surface area contributed by atoms with Crippen LogP contribution in [0.4, 0.5) is 0 Å². The van der Waals surface area contributed by atoms with Gasteiger partial charge in [-0.15, -0.1) is 0 Å². The van der Waals surface area contributed by atoms with Crippen LogP contribution in [0.3, 0.4) is 0 Å². The van der Waals surface area contributed by atoms with Crippen LogP contribution in [0.1, 0.15) is 24.0 Å². The molecule has 0 saturated heterocycles. The lowest BCUT2D eigenvalue weighted by molar-refractivity contribution is 0.682. The number of aryl methyl sites for hydroxylation is 2. The predicted molar refractivity (Wildman–Crippen MR) is 69.3 cm³/mol. The van der Waals surface area contributed by atoms with Gasteiger partial charge in [-0.2, -0.15) is 0 Å². The first-order chi connectivity index (χ1) is 8.42. The van der Waals surface area contributed by atoms with Crippen LogP contribution in [0.25, 0.3) is 16.7 Å². The Morgan fingerprint density at radius 3 is 2.76 bits per heavy atom. The van der Waals surface area contributed by atoms with E-state index < -0.39 is 0 Å². The maximum atomic E-state index is 4.69. The van der Waals surface area contributed by atoms with Crippen LogP contribution < -0.4 is 0 Å². The van der Waals surface area contributed by atoms with Crippen molar-refractivity contribution in [2.45, 2.75) is 25.7 Å². The quantitative estimate of drug-likeness (QED) is 0.570. The molecule has 1 aliphatic rings. The van der Waals surface area contributed by atoms with Crippen LogP contribution >= 0.6 is 0 Å². The molecule has 1 aliphatic carbocycles. The summed E-state index contributed by atoms with van der Waals surface area (Å²) in [6, 6.07) is 10.6. The Balaban J connectivity index is 2.12. The molecule has 0 spiro atoms. The summed E-state index contributed by atoms with van der Waals surface area (Å²) in [5.74, 6) is 0. The zero-order valence-corrected chi connectivity index (χ0v) is 9.69. The van der Waals surface area contributed by atoms with E-state index in [0.29, 0.717) is 0 Å². The van der Waals surface area contributed by atoms with Crippen molar-refractivity contribution in [1.82, 2.24) is 9.38 Å². The minimum absolute atomic E-state index is 1.09. The number of hydrogen-bond acceptors (Lipinski definition) is 1. The molecule has 0 unspecified atom stereocenters. The molecular weight excluding hydrogens is 208 g/mol. The summed E-state index contributed by atoms with van der Waals surface area (Å²) >= 11 is 0. The highest BCUT2D eigenvalue weighted by Crippen LogP contribution is 2.25. The van der Waals surface area contributed by atoms with Crippen molar-refractivity contribution in [3.8, 4) is 0 Å². The number of imidazole rings is 1. The Hall–Kier alpha value is -1.83. The molecule has 0 aliphatic heterocycles. The third-order valence-corrected chi connectivity index (χ3v) is 3.77. The highest BCUT2D eigenvalue weighted by atomic mass is 15.0. The van der Waals surface area contributed by atoms with Crippen LogP contribution in [0.2, 0.25) is 0 Å². The fraction of sp³-hybridized carbons (Fsp3) is 0.267. The zero-order chi connectivity index (χ0) is 11.2. The Labute approximate surface area is 99.9 Å². The Morgan fingerprint density at radius 1 is 1.00 bits per heavy atom. The summed E-state index contributed by atoms with van der Waals surface area (Å²) in [6.07, 6.45) is 7.38. The minimum Gasteiger partial charge on any atom is -0.299 e. The van der Waals surface area contributed by atoms with E-state index in [4.69, 9.17) is 0 Å². The van der Waals surface area contributed by atoms with Crippen molar-refractivity contribution < 1.29 is 0 Å². The molecule has 3 aromatic rings. The second kappa shape index (κ2) is 3.33. The van der Waals surface area contributed by atoms with Crippen molar-refractivity contribution >= 4 is 16.7 Å². The molecule has 0 radical (unpaired) electrons. The molecule has 84 valence electrons. The SMILES string of the molecule is c1ccc2c(c1)nc1cc3c(cn12)CCCC3. The number of para-hydroxylation sites is 2. The largest absolute Gasteiger partial charge is 0.299 e. The number of nitrogens with zero attached hydrogens (tertiary/aromatic N) is 2. The zero-order valence-electron chi connectivity index (χ0n) is 9.69. The summed E-state index contributed by atoms with van der Waals surface area (Å²) in [5.41, 5.74) is 6.41. The first kappa shape index (κ1) is 9.23. The monoisotopic (exact) mass is 222 g/mol. The number of benzene rings is 1. The second-order valence-corrected chi connectivity index (χ2v) is 4.86. The highest BCUT2D eigenvalue weighted by molar-refractivity contribution is 5.80.